The molecule has 0 saturated heterocycles. The van der Waals surface area contributed by atoms with Gasteiger partial charge in [-0.25, -0.2) is 9.80 Å². The van der Waals surface area contributed by atoms with Gasteiger partial charge in [-0.05, 0) is 176 Å². The van der Waals surface area contributed by atoms with E-state index in [9.17, 15) is 51.9 Å². The summed E-state index contributed by atoms with van der Waals surface area (Å²) >= 11 is 0. The monoisotopic (exact) mass is 1700 g/mol. The quantitative estimate of drug-likeness (QED) is 0.0212. The molecule has 2 aliphatic heterocycles. The number of rotatable bonds is 22. The predicted octanol–water partition coefficient (Wildman–Crippen LogP) is 22.7. The van der Waals surface area contributed by atoms with Gasteiger partial charge in [0.05, 0.1) is 43.4 Å². The third-order valence-corrected chi connectivity index (χ3v) is 25.8. The van der Waals surface area contributed by atoms with Crippen LogP contribution in [-0.4, -0.2) is 75.5 Å². The third-order valence-electron chi connectivity index (χ3n) is 22.3. The summed E-state index contributed by atoms with van der Waals surface area (Å²) in [6, 6.07) is 66.0. The summed E-state index contributed by atoms with van der Waals surface area (Å²) in [6.07, 6.45) is 0. The van der Waals surface area contributed by atoms with E-state index in [2.05, 4.69) is 0 Å². The summed E-state index contributed by atoms with van der Waals surface area (Å²) in [7, 11) is -20.2. The zero-order chi connectivity index (χ0) is 86.2. The van der Waals surface area contributed by atoms with E-state index in [1.165, 1.54) is 72.8 Å². The molecule has 612 valence electrons. The summed E-state index contributed by atoms with van der Waals surface area (Å²) in [6.45, 7) is 15.4. The van der Waals surface area contributed by atoms with E-state index < -0.39 is 83.7 Å². The van der Waals surface area contributed by atoms with Crippen molar-refractivity contribution in [3.8, 4) is 90.5 Å². The highest BCUT2D eigenvalue weighted by Gasteiger charge is 2.45. The van der Waals surface area contributed by atoms with E-state index in [4.69, 9.17) is 18.9 Å². The summed E-state index contributed by atoms with van der Waals surface area (Å²) in [5.74, 6) is -5.82. The predicted molar refractivity (Wildman–Crippen MR) is 466 cm³/mol. The Bertz CT molecular complexity index is 6930. The number of benzene rings is 15. The largest absolute Gasteiger partial charge is 0.457 e. The fourth-order valence-electron chi connectivity index (χ4n) is 16.6. The minimum atomic E-state index is -5.34. The second-order valence-electron chi connectivity index (χ2n) is 31.2. The first-order valence-corrected chi connectivity index (χ1v) is 44.6. The van der Waals surface area contributed by atoms with Gasteiger partial charge < -0.3 is 18.9 Å². The fourth-order valence-corrected chi connectivity index (χ4v) is 19.0. The van der Waals surface area contributed by atoms with Gasteiger partial charge in [0.2, 0.25) is 0 Å². The van der Waals surface area contributed by atoms with Gasteiger partial charge in [-0.15, -0.1) is 0 Å². The van der Waals surface area contributed by atoms with E-state index in [0.29, 0.717) is 22.3 Å². The van der Waals surface area contributed by atoms with Gasteiger partial charge in [-0.1, -0.05) is 201 Å². The fraction of sp³-hybridized carbons (Fsp3) is 0.125. The number of para-hydroxylation sites is 2. The van der Waals surface area contributed by atoms with E-state index in [1.807, 2.05) is 177 Å². The maximum atomic E-state index is 16.9. The van der Waals surface area contributed by atoms with Gasteiger partial charge in [0.15, 0.2) is 0 Å². The number of imide groups is 2. The Balaban J connectivity index is 1.06. The summed E-state index contributed by atoms with van der Waals surface area (Å²) < 4.78 is 177. The van der Waals surface area contributed by atoms with E-state index in [-0.39, 0.29) is 169 Å². The van der Waals surface area contributed by atoms with Crippen molar-refractivity contribution in [2.24, 2.45) is 0 Å². The van der Waals surface area contributed by atoms with Crippen molar-refractivity contribution in [2.75, 3.05) is 9.80 Å². The maximum Gasteiger partial charge on any atom is 0.295 e. The molecule has 17 rings (SSSR count). The highest BCUT2D eigenvalue weighted by molar-refractivity contribution is 7.86. The highest BCUT2D eigenvalue weighted by atomic mass is 32.2. The van der Waals surface area contributed by atoms with Gasteiger partial charge >= 0.3 is 0 Å². The highest BCUT2D eigenvalue weighted by Crippen LogP contribution is 2.60. The second-order valence-corrected chi connectivity index (χ2v) is 36.8. The van der Waals surface area contributed by atoms with Crippen LogP contribution in [0.4, 0.5) is 11.4 Å². The smallest absolute Gasteiger partial charge is 0.295 e. The minimum Gasteiger partial charge on any atom is -0.457 e. The van der Waals surface area contributed by atoms with Crippen molar-refractivity contribution in [2.45, 2.75) is 98.6 Å². The van der Waals surface area contributed by atoms with Crippen LogP contribution in [0.2, 0.25) is 0 Å². The number of fused-ring (bicyclic) bond motifs is 2. The first kappa shape index (κ1) is 81.1. The Morgan fingerprint density at radius 2 is 0.500 bits per heavy atom. The molecule has 0 fully saturated rings. The lowest BCUT2D eigenvalue weighted by molar-refractivity contribution is 0.0877. The Morgan fingerprint density at radius 1 is 0.246 bits per heavy atom. The number of hydrogen-bond donors (Lipinski definition) is 4. The molecule has 15 aromatic rings. The van der Waals surface area contributed by atoms with Crippen LogP contribution in [0.25, 0.3) is 87.6 Å². The molecule has 26 heteroatoms. The number of anilines is 2. The molecule has 0 bridgehead atoms. The summed E-state index contributed by atoms with van der Waals surface area (Å²) in [5.41, 5.74) is 5.44. The molecular formula is C96H74N2O20S4. The molecule has 4 N–H and O–H groups in total. The number of nitrogens with zero attached hydrogens (tertiary/aromatic N) is 2. The zero-order valence-corrected chi connectivity index (χ0v) is 69.7. The van der Waals surface area contributed by atoms with Crippen molar-refractivity contribution in [3.63, 3.8) is 0 Å². The first-order chi connectivity index (χ1) is 58.0. The lowest BCUT2D eigenvalue weighted by Gasteiger charge is -2.35. The molecule has 4 amide bonds. The van der Waals surface area contributed by atoms with E-state index in [1.54, 1.807) is 24.3 Å². The molecule has 0 unspecified atom stereocenters. The van der Waals surface area contributed by atoms with Gasteiger partial charge in [-0.3, -0.25) is 37.4 Å². The minimum absolute atomic E-state index is 0.0199. The van der Waals surface area contributed by atoms with Crippen LogP contribution in [0.5, 0.6) is 46.0 Å². The number of ether oxygens (including phenoxy) is 4. The molecule has 0 spiro atoms. The normalized spacial score (nSPS) is 13.3. The lowest BCUT2D eigenvalue weighted by atomic mass is 9.80. The number of hydrogen-bond acceptors (Lipinski definition) is 16. The van der Waals surface area contributed by atoms with E-state index in [0.717, 1.165) is 68.5 Å². The number of amides is 4. The average molecular weight is 1700 g/mol. The molecule has 2 aliphatic rings. The second kappa shape index (κ2) is 30.5. The molecule has 0 atom stereocenters. The molecule has 0 aromatic heterocycles. The lowest BCUT2D eigenvalue weighted by Crippen LogP contribution is -2.42. The van der Waals surface area contributed by atoms with Crippen LogP contribution < -0.4 is 28.7 Å². The van der Waals surface area contributed by atoms with Gasteiger partial charge in [-0.2, -0.15) is 33.7 Å². The number of carbonyl (C=O) groups is 4. The molecule has 2 heterocycles. The third kappa shape index (κ3) is 14.3. The van der Waals surface area contributed by atoms with Crippen LogP contribution in [0.3, 0.4) is 0 Å². The van der Waals surface area contributed by atoms with Crippen LogP contribution in [0.1, 0.15) is 143 Å². The van der Waals surface area contributed by atoms with Crippen LogP contribution in [0.15, 0.2) is 274 Å². The Labute approximate surface area is 702 Å². The Kier molecular flexibility index (Phi) is 20.2. The molecule has 15 aromatic carbocycles. The molecule has 122 heavy (non-hydrogen) atoms. The topological polar surface area (TPSA) is 329 Å². The Hall–Kier alpha value is -13.3. The Morgan fingerprint density at radius 3 is 0.762 bits per heavy atom. The van der Waals surface area contributed by atoms with Gasteiger partial charge in [0.25, 0.3) is 64.1 Å². The van der Waals surface area contributed by atoms with Crippen molar-refractivity contribution in [1.29, 1.82) is 0 Å². The van der Waals surface area contributed by atoms with Crippen molar-refractivity contribution in [3.05, 3.63) is 299 Å². The van der Waals surface area contributed by atoms with Gasteiger partial charge in [0, 0.05) is 66.3 Å². The van der Waals surface area contributed by atoms with Crippen LogP contribution in [-0.2, 0) is 40.5 Å². The van der Waals surface area contributed by atoms with Gasteiger partial charge in [0.1, 0.15) is 55.8 Å². The molecule has 0 aliphatic carbocycles. The van der Waals surface area contributed by atoms with Crippen LogP contribution in [0, 0.1) is 0 Å². The number of carbonyl (C=O) groups excluding carboxylic acids is 4. The molecule has 0 radical (unpaired) electrons. The van der Waals surface area contributed by atoms with Crippen LogP contribution >= 0.6 is 0 Å². The molecule has 22 nitrogen and oxygen atoms in total. The van der Waals surface area contributed by atoms with Crippen molar-refractivity contribution in [1.82, 2.24) is 0 Å². The maximum absolute atomic E-state index is 16.9. The summed E-state index contributed by atoms with van der Waals surface area (Å²) in [4.78, 5) is 67.1. The zero-order valence-electron chi connectivity index (χ0n) is 66.4. The first-order valence-electron chi connectivity index (χ1n) is 38.8. The van der Waals surface area contributed by atoms with Crippen molar-refractivity contribution >= 4 is 119 Å². The van der Waals surface area contributed by atoms with E-state index >= 15 is 19.2 Å². The average Bonchev–Trinajstić information content (AvgIpc) is 0.668. The van der Waals surface area contributed by atoms with Crippen molar-refractivity contribution < 1.29 is 90.0 Å². The molecule has 0 saturated carbocycles. The molecular weight excluding hydrogens is 1630 g/mol. The SMILES string of the molecule is CC(C)c1cccc(C(C)C)c1N1C(=O)c2cc(Oc3ccc(-c4ccccc4)cc3)c3c4c(Oc5ccc(-c6ccccc6)cc5)cc5c6c(cc(Oc7ccc(-c8ccc(S(=O)(=O)O)cc8)c(S(=O)(=O)O)c7)c(c7c(Oc8ccc(-c9ccc(S(=O)(=O)O)cc9)c(S(=O)(=O)O)c8)cc(c2c37)C1=O)c64)C(=O)N(c1c(C(C)C)cccc1C(C)C)C5=O. The summed E-state index contributed by atoms with van der Waals surface area (Å²) in [5, 5.41) is -0.236. The standard InChI is InChI=1S/C96H74N2O20S4/c1-51(2)67-21-15-22-68(52(3)4)91(67)97-93(99)73-47-77(115-61-33-25-57(26-34-61)55-17-11-9-12-18-55)85-86-78(116-62-35-27-58(28-36-62)56-19-13-10-14-20-56)48-74-84-76(96(102)98(94(74)100)92-69(53(5)6)23-16-24-70(92)54(7)8)50-80(118-64-38-44-72(82(46-64)122(112,113)114)60-31-41-66(42-32-60)120(106,107)108)88(90(84)86)87-79(49-75(95(97)101)83(73)89(85)87)117-63-37-43-71(81(45-63)121(109,110)111)59-29-39-65(40-30-59)119(103,104)105/h9-54H,1-8H3,(H,103,104,105)(H,106,107,108)(H,109,110,111)(H,112,113,114).